The first kappa shape index (κ1) is 15.1. The maximum atomic E-state index is 5.23. The zero-order valence-electron chi connectivity index (χ0n) is 12.1. The van der Waals surface area contributed by atoms with Crippen LogP contribution >= 0.6 is 0 Å². The molecular weight excluding hydrogens is 236 g/mol. The molecule has 2 nitrogen and oxygen atoms in total. The second-order valence-electron chi connectivity index (χ2n) is 4.66. The Labute approximate surface area is 116 Å². The smallest absolute Gasteiger partial charge is 0.123 e. The van der Waals surface area contributed by atoms with Crippen LogP contribution in [0.25, 0.3) is 6.08 Å². The monoisotopic (exact) mass is 258 g/mol. The summed E-state index contributed by atoms with van der Waals surface area (Å²) in [4.78, 5) is 0. The van der Waals surface area contributed by atoms with E-state index in [0.717, 1.165) is 22.6 Å². The van der Waals surface area contributed by atoms with Crippen molar-refractivity contribution in [2.24, 2.45) is 5.92 Å². The summed E-state index contributed by atoms with van der Waals surface area (Å²) in [5.41, 5.74) is 1.99. The van der Waals surface area contributed by atoms with Crippen LogP contribution in [0.3, 0.4) is 0 Å². The Hall–Kier alpha value is -1.96. The van der Waals surface area contributed by atoms with Crippen molar-refractivity contribution in [3.8, 4) is 11.5 Å². The van der Waals surface area contributed by atoms with E-state index in [1.807, 2.05) is 36.4 Å². The fraction of sp³-hybridized carbons (Fsp3) is 0.294. The number of allylic oxidation sites excluding steroid dienone is 4. The van der Waals surface area contributed by atoms with Gasteiger partial charge in [0.25, 0.3) is 0 Å². The van der Waals surface area contributed by atoms with Gasteiger partial charge >= 0.3 is 0 Å². The molecule has 0 bridgehead atoms. The molecule has 0 aromatic heterocycles. The minimum absolute atomic E-state index is 0.530. The number of hydrogen-bond acceptors (Lipinski definition) is 2. The number of ether oxygens (including phenoxy) is 2. The highest BCUT2D eigenvalue weighted by molar-refractivity contribution is 5.58. The summed E-state index contributed by atoms with van der Waals surface area (Å²) in [5, 5.41) is 0. The third-order valence-corrected chi connectivity index (χ3v) is 2.56. The normalized spacial score (nSPS) is 11.4. The molecule has 0 radical (unpaired) electrons. The minimum Gasteiger partial charge on any atom is -0.497 e. The summed E-state index contributed by atoms with van der Waals surface area (Å²) in [6, 6.07) is 5.77. The van der Waals surface area contributed by atoms with Crippen molar-refractivity contribution in [1.82, 2.24) is 0 Å². The predicted octanol–water partition coefficient (Wildman–Crippen LogP) is 4.49. The Morgan fingerprint density at radius 3 is 2.11 bits per heavy atom. The van der Waals surface area contributed by atoms with E-state index in [4.69, 9.17) is 9.47 Å². The van der Waals surface area contributed by atoms with Crippen LogP contribution in [-0.4, -0.2) is 14.2 Å². The van der Waals surface area contributed by atoms with Crippen molar-refractivity contribution >= 4 is 6.08 Å². The van der Waals surface area contributed by atoms with Crippen molar-refractivity contribution < 1.29 is 9.47 Å². The van der Waals surface area contributed by atoms with Crippen molar-refractivity contribution in [1.29, 1.82) is 0 Å². The molecule has 0 fully saturated rings. The lowest BCUT2D eigenvalue weighted by Gasteiger charge is -2.05. The quantitative estimate of drug-likeness (QED) is 0.700. The standard InChI is InChI=1S/C17H22O2/c1-13(2)6-7-14(3)8-9-15-10-16(18-4)12-17(11-15)19-5/h6-13H,3H2,1-2,4-5H3/b7-6+,9-8+. The molecule has 0 saturated heterocycles. The van der Waals surface area contributed by atoms with Crippen LogP contribution in [0.4, 0.5) is 0 Å². The van der Waals surface area contributed by atoms with E-state index >= 15 is 0 Å². The van der Waals surface area contributed by atoms with Crippen molar-refractivity contribution in [3.63, 3.8) is 0 Å². The molecule has 2 heteroatoms. The Kier molecular flexibility index (Phi) is 5.94. The molecule has 1 aromatic rings. The zero-order chi connectivity index (χ0) is 14.3. The molecular formula is C17H22O2. The molecule has 0 atom stereocenters. The van der Waals surface area contributed by atoms with Crippen molar-refractivity contribution in [2.75, 3.05) is 14.2 Å². The predicted molar refractivity (Wildman–Crippen MR) is 81.7 cm³/mol. The average molecular weight is 258 g/mol. The Morgan fingerprint density at radius 1 is 1.05 bits per heavy atom. The van der Waals surface area contributed by atoms with Gasteiger partial charge in [-0.15, -0.1) is 0 Å². The van der Waals surface area contributed by atoms with E-state index in [2.05, 4.69) is 26.5 Å². The Bertz CT molecular complexity index is 460. The lowest BCUT2D eigenvalue weighted by molar-refractivity contribution is 0.394. The average Bonchev–Trinajstić information content (AvgIpc) is 2.42. The maximum Gasteiger partial charge on any atom is 0.123 e. The zero-order valence-corrected chi connectivity index (χ0v) is 12.1. The summed E-state index contributed by atoms with van der Waals surface area (Å²) < 4.78 is 10.5. The van der Waals surface area contributed by atoms with E-state index < -0.39 is 0 Å². The summed E-state index contributed by atoms with van der Waals surface area (Å²) >= 11 is 0. The lowest BCUT2D eigenvalue weighted by Crippen LogP contribution is -1.88. The molecule has 0 aliphatic heterocycles. The van der Waals surface area contributed by atoms with Gasteiger partial charge in [0.05, 0.1) is 14.2 Å². The van der Waals surface area contributed by atoms with E-state index in [1.165, 1.54) is 0 Å². The van der Waals surface area contributed by atoms with Crippen LogP contribution in [-0.2, 0) is 0 Å². The van der Waals surface area contributed by atoms with Gasteiger partial charge in [-0.3, -0.25) is 0 Å². The highest BCUT2D eigenvalue weighted by atomic mass is 16.5. The SMILES string of the molecule is C=C(/C=C/c1cc(OC)cc(OC)c1)/C=C/C(C)C. The van der Waals surface area contributed by atoms with Crippen LogP contribution in [0.5, 0.6) is 11.5 Å². The topological polar surface area (TPSA) is 18.5 Å². The number of methoxy groups -OCH3 is 2. The van der Waals surface area contributed by atoms with Gasteiger partial charge in [-0.1, -0.05) is 44.7 Å². The van der Waals surface area contributed by atoms with Crippen molar-refractivity contribution in [3.05, 3.63) is 54.1 Å². The highest BCUT2D eigenvalue weighted by Crippen LogP contribution is 2.23. The molecule has 0 unspecified atom stereocenters. The molecule has 102 valence electrons. The van der Waals surface area contributed by atoms with E-state index in [-0.39, 0.29) is 0 Å². The molecule has 0 aliphatic rings. The van der Waals surface area contributed by atoms with E-state index in [1.54, 1.807) is 14.2 Å². The van der Waals surface area contributed by atoms with E-state index in [0.29, 0.717) is 5.92 Å². The highest BCUT2D eigenvalue weighted by Gasteiger charge is 1.99. The Morgan fingerprint density at radius 2 is 1.63 bits per heavy atom. The number of rotatable bonds is 6. The second kappa shape index (κ2) is 7.47. The molecule has 19 heavy (non-hydrogen) atoms. The third-order valence-electron chi connectivity index (χ3n) is 2.56. The summed E-state index contributed by atoms with van der Waals surface area (Å²) in [6.07, 6.45) is 8.13. The summed E-state index contributed by atoms with van der Waals surface area (Å²) in [5.74, 6) is 2.09. The van der Waals surface area contributed by atoms with E-state index in [9.17, 15) is 0 Å². The van der Waals surface area contributed by atoms with Gasteiger partial charge < -0.3 is 9.47 Å². The van der Waals surface area contributed by atoms with Crippen LogP contribution in [0.1, 0.15) is 19.4 Å². The summed E-state index contributed by atoms with van der Waals surface area (Å²) in [6.45, 7) is 8.27. The number of hydrogen-bond donors (Lipinski definition) is 0. The van der Waals surface area contributed by atoms with Gasteiger partial charge in [0.2, 0.25) is 0 Å². The first-order valence-electron chi connectivity index (χ1n) is 6.33. The molecule has 0 spiro atoms. The van der Waals surface area contributed by atoms with Gasteiger partial charge in [0, 0.05) is 6.07 Å². The van der Waals surface area contributed by atoms with Gasteiger partial charge in [0.1, 0.15) is 11.5 Å². The Balaban J connectivity index is 2.83. The first-order valence-corrected chi connectivity index (χ1v) is 6.33. The first-order chi connectivity index (χ1) is 9.05. The second-order valence-corrected chi connectivity index (χ2v) is 4.66. The van der Waals surface area contributed by atoms with Crippen LogP contribution < -0.4 is 9.47 Å². The molecule has 1 aromatic carbocycles. The lowest BCUT2D eigenvalue weighted by atomic mass is 10.1. The van der Waals surface area contributed by atoms with Gasteiger partial charge in [-0.25, -0.2) is 0 Å². The van der Waals surface area contributed by atoms with Gasteiger partial charge in [0.15, 0.2) is 0 Å². The van der Waals surface area contributed by atoms with Gasteiger partial charge in [-0.2, -0.15) is 0 Å². The largest absolute Gasteiger partial charge is 0.497 e. The minimum atomic E-state index is 0.530. The van der Waals surface area contributed by atoms with Gasteiger partial charge in [-0.05, 0) is 29.2 Å². The molecule has 0 heterocycles. The van der Waals surface area contributed by atoms with Crippen LogP contribution in [0.15, 0.2) is 48.6 Å². The number of benzene rings is 1. The molecule has 0 saturated carbocycles. The van der Waals surface area contributed by atoms with Crippen LogP contribution in [0.2, 0.25) is 0 Å². The fourth-order valence-corrected chi connectivity index (χ4v) is 1.50. The fourth-order valence-electron chi connectivity index (χ4n) is 1.50. The molecule has 0 amide bonds. The maximum absolute atomic E-state index is 5.23. The summed E-state index contributed by atoms with van der Waals surface area (Å²) in [7, 11) is 3.29. The third kappa shape index (κ3) is 5.47. The van der Waals surface area contributed by atoms with Crippen molar-refractivity contribution in [2.45, 2.75) is 13.8 Å². The molecule has 1 rings (SSSR count). The van der Waals surface area contributed by atoms with Crippen LogP contribution in [0, 0.1) is 5.92 Å². The molecule has 0 aliphatic carbocycles. The molecule has 0 N–H and O–H groups in total.